The summed E-state index contributed by atoms with van der Waals surface area (Å²) in [7, 11) is 1.50. The van der Waals surface area contributed by atoms with Gasteiger partial charge in [-0.1, -0.05) is 48.9 Å². The molecule has 1 amide bonds. The highest BCUT2D eigenvalue weighted by Crippen LogP contribution is 2.46. The van der Waals surface area contributed by atoms with Gasteiger partial charge in [-0.3, -0.25) is 14.5 Å². The molecule has 1 atom stereocenters. The lowest BCUT2D eigenvalue weighted by molar-refractivity contribution is -0.117. The minimum Gasteiger partial charge on any atom is -0.503 e. The molecule has 0 bridgehead atoms. The molecule has 0 spiro atoms. The van der Waals surface area contributed by atoms with Crippen LogP contribution in [0, 0.1) is 5.82 Å². The molecule has 6 rings (SSSR count). The molecule has 1 unspecified atom stereocenters. The molecular weight excluding hydrogens is 547 g/mol. The molecule has 2 aromatic heterocycles. The maximum Gasteiger partial charge on any atom is 0.296 e. The molecule has 0 radical (unpaired) electrons. The molecule has 0 fully saturated rings. The second-order valence-electron chi connectivity index (χ2n) is 9.54. The summed E-state index contributed by atoms with van der Waals surface area (Å²) in [5, 5.41) is 12.1. The Morgan fingerprint density at radius 3 is 2.73 bits per heavy atom. The number of anilines is 1. The average molecular weight is 573 g/mol. The van der Waals surface area contributed by atoms with Gasteiger partial charge in [0.15, 0.2) is 28.1 Å². The van der Waals surface area contributed by atoms with E-state index in [2.05, 4.69) is 11.9 Å². The number of furan rings is 1. The molecule has 5 aromatic rings. The summed E-state index contributed by atoms with van der Waals surface area (Å²) < 4.78 is 31.7. The van der Waals surface area contributed by atoms with Crippen LogP contribution in [0.25, 0.3) is 21.2 Å². The van der Waals surface area contributed by atoms with E-state index in [4.69, 9.17) is 13.9 Å². The molecule has 8 nitrogen and oxygen atoms in total. The van der Waals surface area contributed by atoms with Crippen molar-refractivity contribution in [2.75, 3.05) is 18.6 Å². The predicted molar refractivity (Wildman–Crippen MR) is 153 cm³/mol. The topological polar surface area (TPSA) is 102 Å². The van der Waals surface area contributed by atoms with Gasteiger partial charge in [0, 0.05) is 5.39 Å². The number of fused-ring (bicyclic) bond motifs is 2. The molecule has 10 heteroatoms. The van der Waals surface area contributed by atoms with Crippen molar-refractivity contribution < 1.29 is 33.0 Å². The first kappa shape index (κ1) is 26.5. The lowest BCUT2D eigenvalue weighted by Gasteiger charge is -2.25. The Hall–Kier alpha value is -4.70. The zero-order chi connectivity index (χ0) is 28.7. The van der Waals surface area contributed by atoms with Gasteiger partial charge in [0.1, 0.15) is 11.4 Å². The standard InChI is InChI=1S/C31H25FN2O6S/c1-3-4-13-39-22-12-9-18(15-23(22)38-2)27-26(28(35)24-14-17-7-5-6-8-21(17)40-24)29(36)30(37)34(27)31-33-20-11-10-19(32)16-25(20)41-31/h5-12,14-16,27,36H,3-4,13H2,1-2H3. The summed E-state index contributed by atoms with van der Waals surface area (Å²) in [5.74, 6) is -1.72. The third-order valence-corrected chi connectivity index (χ3v) is 7.92. The van der Waals surface area contributed by atoms with E-state index in [1.807, 2.05) is 6.07 Å². The first-order chi connectivity index (χ1) is 19.9. The summed E-state index contributed by atoms with van der Waals surface area (Å²) in [6.07, 6.45) is 1.82. The minimum absolute atomic E-state index is 0.0229. The average Bonchev–Trinajstić information content (AvgIpc) is 3.66. The molecule has 0 aliphatic carbocycles. The number of halogens is 1. The van der Waals surface area contributed by atoms with E-state index in [9.17, 15) is 19.1 Å². The van der Waals surface area contributed by atoms with E-state index >= 15 is 0 Å². The number of hydrogen-bond acceptors (Lipinski definition) is 8. The maximum absolute atomic E-state index is 13.9. The summed E-state index contributed by atoms with van der Waals surface area (Å²) in [6.45, 7) is 2.56. The number of hydrogen-bond donors (Lipinski definition) is 1. The fraction of sp³-hybridized carbons (Fsp3) is 0.194. The van der Waals surface area contributed by atoms with Crippen LogP contribution in [0.2, 0.25) is 0 Å². The van der Waals surface area contributed by atoms with Crippen LogP contribution in [0.15, 0.2) is 82.5 Å². The van der Waals surface area contributed by atoms with Gasteiger partial charge in [0.05, 0.1) is 35.5 Å². The Balaban J connectivity index is 1.48. The van der Waals surface area contributed by atoms with Crippen LogP contribution in [0.4, 0.5) is 9.52 Å². The highest BCUT2D eigenvalue weighted by Gasteiger charge is 2.47. The van der Waals surface area contributed by atoms with Crippen LogP contribution in [0.5, 0.6) is 11.5 Å². The van der Waals surface area contributed by atoms with Crippen molar-refractivity contribution in [1.82, 2.24) is 4.98 Å². The van der Waals surface area contributed by atoms with Gasteiger partial charge in [-0.25, -0.2) is 9.37 Å². The largest absolute Gasteiger partial charge is 0.503 e. The van der Waals surface area contributed by atoms with Crippen molar-refractivity contribution in [3.63, 3.8) is 0 Å². The number of Topliss-reactive ketones (excluding diaryl/α,β-unsaturated/α-hetero) is 1. The SMILES string of the molecule is CCCCOc1ccc(C2C(C(=O)c3cc4ccccc4o3)=C(O)C(=O)N2c2nc3ccc(F)cc3s2)cc1OC. The Labute approximate surface area is 238 Å². The number of thiazole rings is 1. The number of methoxy groups -OCH3 is 1. The van der Waals surface area contributed by atoms with Gasteiger partial charge in [-0.15, -0.1) is 0 Å². The van der Waals surface area contributed by atoms with E-state index in [0.717, 1.165) is 24.2 Å². The quantitative estimate of drug-likeness (QED) is 0.148. The number of aromatic nitrogens is 1. The second-order valence-corrected chi connectivity index (χ2v) is 10.5. The van der Waals surface area contributed by atoms with Crippen LogP contribution in [0.1, 0.15) is 41.9 Å². The molecule has 1 aliphatic rings. The number of aliphatic hydroxyl groups excluding tert-OH is 1. The lowest BCUT2D eigenvalue weighted by Crippen LogP contribution is -2.31. The lowest BCUT2D eigenvalue weighted by atomic mass is 9.95. The highest BCUT2D eigenvalue weighted by atomic mass is 32.1. The van der Waals surface area contributed by atoms with Crippen LogP contribution in [-0.2, 0) is 4.79 Å². The van der Waals surface area contributed by atoms with E-state index in [1.165, 1.54) is 30.2 Å². The van der Waals surface area contributed by atoms with Crippen LogP contribution < -0.4 is 14.4 Å². The van der Waals surface area contributed by atoms with Crippen LogP contribution >= 0.6 is 11.3 Å². The van der Waals surface area contributed by atoms with E-state index in [0.29, 0.717) is 44.9 Å². The van der Waals surface area contributed by atoms with Crippen molar-refractivity contribution in [1.29, 1.82) is 0 Å². The predicted octanol–water partition coefficient (Wildman–Crippen LogP) is 7.15. The zero-order valence-corrected chi connectivity index (χ0v) is 23.0. The number of unbranched alkanes of at least 4 members (excludes halogenated alkanes) is 1. The Morgan fingerprint density at radius 2 is 1.95 bits per heavy atom. The van der Waals surface area contributed by atoms with Gasteiger partial charge < -0.3 is 19.0 Å². The van der Waals surface area contributed by atoms with Gasteiger partial charge in [0.25, 0.3) is 5.91 Å². The number of para-hydroxylation sites is 1. The number of rotatable bonds is 9. The van der Waals surface area contributed by atoms with Gasteiger partial charge in [0.2, 0.25) is 5.78 Å². The Kier molecular flexibility index (Phi) is 6.92. The molecule has 1 aliphatic heterocycles. The van der Waals surface area contributed by atoms with Crippen LogP contribution in [-0.4, -0.2) is 35.5 Å². The second kappa shape index (κ2) is 10.7. The van der Waals surface area contributed by atoms with Crippen molar-refractivity contribution in [3.05, 3.63) is 95.2 Å². The van der Waals surface area contributed by atoms with Crippen molar-refractivity contribution in [2.45, 2.75) is 25.8 Å². The molecule has 3 aromatic carbocycles. The van der Waals surface area contributed by atoms with Gasteiger partial charge in [-0.2, -0.15) is 0 Å². The van der Waals surface area contributed by atoms with Crippen molar-refractivity contribution in [2.24, 2.45) is 0 Å². The molecule has 208 valence electrons. The Bertz CT molecular complexity index is 1810. The zero-order valence-electron chi connectivity index (χ0n) is 22.2. The first-order valence-corrected chi connectivity index (χ1v) is 13.9. The number of carbonyl (C=O) groups excluding carboxylic acids is 2. The van der Waals surface area contributed by atoms with Crippen LogP contribution in [0.3, 0.4) is 0 Å². The third-order valence-electron chi connectivity index (χ3n) is 6.91. The number of amides is 1. The van der Waals surface area contributed by atoms with Crippen molar-refractivity contribution >= 4 is 49.3 Å². The first-order valence-electron chi connectivity index (χ1n) is 13.1. The highest BCUT2D eigenvalue weighted by molar-refractivity contribution is 7.22. The molecule has 3 heterocycles. The van der Waals surface area contributed by atoms with E-state index < -0.39 is 29.3 Å². The molecule has 0 saturated heterocycles. The summed E-state index contributed by atoms with van der Waals surface area (Å²) in [6, 6.07) is 16.8. The smallest absolute Gasteiger partial charge is 0.296 e. The number of nitrogens with zero attached hydrogens (tertiary/aromatic N) is 2. The van der Waals surface area contributed by atoms with Gasteiger partial charge >= 0.3 is 0 Å². The van der Waals surface area contributed by atoms with Gasteiger partial charge in [-0.05, 0) is 54.4 Å². The normalized spacial score (nSPS) is 15.3. The monoisotopic (exact) mass is 572 g/mol. The molecular formula is C31H25FN2O6S. The fourth-order valence-corrected chi connectivity index (χ4v) is 5.88. The van der Waals surface area contributed by atoms with E-state index in [1.54, 1.807) is 42.5 Å². The Morgan fingerprint density at radius 1 is 1.12 bits per heavy atom. The number of ketones is 1. The summed E-state index contributed by atoms with van der Waals surface area (Å²) in [4.78, 5) is 33.3. The molecule has 1 N–H and O–H groups in total. The third kappa shape index (κ3) is 4.70. The number of benzene rings is 3. The molecule has 0 saturated carbocycles. The molecule has 41 heavy (non-hydrogen) atoms. The minimum atomic E-state index is -1.08. The number of ether oxygens (including phenoxy) is 2. The van der Waals surface area contributed by atoms with E-state index in [-0.39, 0.29) is 16.5 Å². The summed E-state index contributed by atoms with van der Waals surface area (Å²) in [5.41, 5.74) is 1.29. The summed E-state index contributed by atoms with van der Waals surface area (Å²) >= 11 is 1.08. The number of carbonyl (C=O) groups is 2. The maximum atomic E-state index is 13.9. The number of aliphatic hydroxyl groups is 1. The van der Waals surface area contributed by atoms with Crippen molar-refractivity contribution in [3.8, 4) is 11.5 Å². The fourth-order valence-electron chi connectivity index (χ4n) is 4.87.